The van der Waals surface area contributed by atoms with Crippen LogP contribution in [-0.4, -0.2) is 17.4 Å². The lowest BCUT2D eigenvalue weighted by Crippen LogP contribution is -2.21. The number of nitrogens with one attached hydrogen (secondary N) is 2. The van der Waals surface area contributed by atoms with Gasteiger partial charge in [-0.1, -0.05) is 6.07 Å². The van der Waals surface area contributed by atoms with Gasteiger partial charge >= 0.3 is 0 Å². The van der Waals surface area contributed by atoms with Crippen molar-refractivity contribution in [1.29, 1.82) is 5.26 Å². The van der Waals surface area contributed by atoms with E-state index in [4.69, 9.17) is 5.26 Å². The summed E-state index contributed by atoms with van der Waals surface area (Å²) >= 11 is 1.43. The van der Waals surface area contributed by atoms with Crippen molar-refractivity contribution in [2.75, 3.05) is 17.2 Å². The van der Waals surface area contributed by atoms with Crippen LogP contribution in [0, 0.1) is 11.3 Å². The maximum Gasteiger partial charge on any atom is 0.243 e. The van der Waals surface area contributed by atoms with E-state index >= 15 is 0 Å². The van der Waals surface area contributed by atoms with Gasteiger partial charge in [-0.25, -0.2) is 4.98 Å². The highest BCUT2D eigenvalue weighted by atomic mass is 32.1. The van der Waals surface area contributed by atoms with Crippen LogP contribution in [0.5, 0.6) is 0 Å². The number of thiazole rings is 1. The van der Waals surface area contributed by atoms with Gasteiger partial charge in [-0.05, 0) is 18.2 Å². The first-order valence-electron chi connectivity index (χ1n) is 5.21. The molecule has 0 aliphatic rings. The van der Waals surface area contributed by atoms with Gasteiger partial charge in [0.1, 0.15) is 0 Å². The van der Waals surface area contributed by atoms with Crippen molar-refractivity contribution >= 4 is 28.1 Å². The molecule has 0 bridgehead atoms. The van der Waals surface area contributed by atoms with Gasteiger partial charge in [-0.3, -0.25) is 4.79 Å². The van der Waals surface area contributed by atoms with Crippen LogP contribution < -0.4 is 10.6 Å². The van der Waals surface area contributed by atoms with Crippen LogP contribution in [0.25, 0.3) is 0 Å². The molecule has 0 unspecified atom stereocenters. The molecule has 0 radical (unpaired) electrons. The summed E-state index contributed by atoms with van der Waals surface area (Å²) < 4.78 is 0. The second kappa shape index (κ2) is 5.80. The fraction of sp³-hybridized carbons (Fsp3) is 0.0833. The summed E-state index contributed by atoms with van der Waals surface area (Å²) in [6, 6.07) is 8.79. The maximum atomic E-state index is 11.6. The first-order valence-corrected chi connectivity index (χ1v) is 6.09. The minimum Gasteiger partial charge on any atom is -0.352 e. The number of anilines is 2. The Bertz CT molecular complexity index is 574. The molecule has 0 saturated carbocycles. The van der Waals surface area contributed by atoms with Crippen molar-refractivity contribution < 1.29 is 4.79 Å². The van der Waals surface area contributed by atoms with Gasteiger partial charge in [0.05, 0.1) is 18.2 Å². The van der Waals surface area contributed by atoms with E-state index in [0.29, 0.717) is 16.4 Å². The molecule has 0 spiro atoms. The summed E-state index contributed by atoms with van der Waals surface area (Å²) in [6.45, 7) is 0.143. The Balaban J connectivity index is 1.89. The standard InChI is InChI=1S/C12H10N4OS/c13-7-9-2-1-3-10(6-9)16-11(17)8-15-12-14-4-5-18-12/h1-6H,8H2,(H,14,15)(H,16,17). The van der Waals surface area contributed by atoms with Gasteiger partial charge in [0.25, 0.3) is 0 Å². The van der Waals surface area contributed by atoms with Gasteiger partial charge in [0.15, 0.2) is 5.13 Å². The molecule has 6 heteroatoms. The van der Waals surface area contributed by atoms with Crippen molar-refractivity contribution in [3.63, 3.8) is 0 Å². The van der Waals surface area contributed by atoms with Crippen LogP contribution in [-0.2, 0) is 4.79 Å². The Morgan fingerprint density at radius 3 is 3.11 bits per heavy atom. The number of hydrogen-bond acceptors (Lipinski definition) is 5. The van der Waals surface area contributed by atoms with Gasteiger partial charge in [0.2, 0.25) is 5.91 Å². The Morgan fingerprint density at radius 1 is 1.50 bits per heavy atom. The quantitative estimate of drug-likeness (QED) is 0.880. The number of hydrogen-bond donors (Lipinski definition) is 2. The molecule has 0 aliphatic carbocycles. The smallest absolute Gasteiger partial charge is 0.243 e. The van der Waals surface area contributed by atoms with E-state index in [0.717, 1.165) is 0 Å². The molecule has 0 atom stereocenters. The lowest BCUT2D eigenvalue weighted by Gasteiger charge is -2.05. The van der Waals surface area contributed by atoms with Crippen molar-refractivity contribution in [2.24, 2.45) is 0 Å². The van der Waals surface area contributed by atoms with E-state index < -0.39 is 0 Å². The predicted octanol–water partition coefficient (Wildman–Crippen LogP) is 2.07. The molecule has 2 N–H and O–H groups in total. The third kappa shape index (κ3) is 3.30. The Morgan fingerprint density at radius 2 is 2.39 bits per heavy atom. The van der Waals surface area contributed by atoms with Crippen molar-refractivity contribution in [2.45, 2.75) is 0 Å². The minimum absolute atomic E-state index is 0.143. The predicted molar refractivity (Wildman–Crippen MR) is 70.4 cm³/mol. The zero-order valence-corrected chi connectivity index (χ0v) is 10.2. The Kier molecular flexibility index (Phi) is 3.89. The second-order valence-electron chi connectivity index (χ2n) is 3.43. The highest BCUT2D eigenvalue weighted by Gasteiger charge is 2.03. The van der Waals surface area contributed by atoms with Crippen LogP contribution in [0.1, 0.15) is 5.56 Å². The summed E-state index contributed by atoms with van der Waals surface area (Å²) in [5.74, 6) is -0.180. The molecule has 1 amide bonds. The van der Waals surface area contributed by atoms with Crippen LogP contribution in [0.15, 0.2) is 35.8 Å². The minimum atomic E-state index is -0.180. The monoisotopic (exact) mass is 258 g/mol. The third-order valence-electron chi connectivity index (χ3n) is 2.11. The molecule has 1 aromatic carbocycles. The molecular formula is C12H10N4OS. The molecule has 2 aromatic rings. The van der Waals surface area contributed by atoms with Gasteiger partial charge in [0, 0.05) is 17.3 Å². The molecule has 0 fully saturated rings. The molecule has 0 aliphatic heterocycles. The number of nitrogens with zero attached hydrogens (tertiary/aromatic N) is 2. The first kappa shape index (κ1) is 12.1. The maximum absolute atomic E-state index is 11.6. The van der Waals surface area contributed by atoms with E-state index in [2.05, 4.69) is 15.6 Å². The van der Waals surface area contributed by atoms with E-state index in [1.165, 1.54) is 11.3 Å². The molecule has 0 saturated heterocycles. The van der Waals surface area contributed by atoms with E-state index in [-0.39, 0.29) is 12.5 Å². The molecule has 5 nitrogen and oxygen atoms in total. The lowest BCUT2D eigenvalue weighted by atomic mass is 10.2. The summed E-state index contributed by atoms with van der Waals surface area (Å²) in [4.78, 5) is 15.6. The van der Waals surface area contributed by atoms with Crippen molar-refractivity contribution in [3.8, 4) is 6.07 Å². The van der Waals surface area contributed by atoms with Crippen molar-refractivity contribution in [3.05, 3.63) is 41.4 Å². The number of nitriles is 1. The fourth-order valence-corrected chi connectivity index (χ4v) is 1.87. The Hall–Kier alpha value is -2.39. The highest BCUT2D eigenvalue weighted by molar-refractivity contribution is 7.13. The first-order chi connectivity index (χ1) is 8.78. The Labute approximate surface area is 108 Å². The second-order valence-corrected chi connectivity index (χ2v) is 4.33. The molecule has 18 heavy (non-hydrogen) atoms. The van der Waals surface area contributed by atoms with Crippen LogP contribution in [0.2, 0.25) is 0 Å². The molecule has 1 aromatic heterocycles. The number of carbonyl (C=O) groups excluding carboxylic acids is 1. The molecular weight excluding hydrogens is 248 g/mol. The number of benzene rings is 1. The highest BCUT2D eigenvalue weighted by Crippen LogP contribution is 2.11. The zero-order valence-electron chi connectivity index (χ0n) is 9.38. The van der Waals surface area contributed by atoms with E-state index in [1.807, 2.05) is 11.4 Å². The number of aromatic nitrogens is 1. The number of carbonyl (C=O) groups is 1. The van der Waals surface area contributed by atoms with E-state index in [9.17, 15) is 4.79 Å². The average Bonchev–Trinajstić information content (AvgIpc) is 2.90. The summed E-state index contributed by atoms with van der Waals surface area (Å²) in [6.07, 6.45) is 1.67. The normalized spacial score (nSPS) is 9.50. The van der Waals surface area contributed by atoms with E-state index in [1.54, 1.807) is 30.5 Å². The molecule has 1 heterocycles. The van der Waals surface area contributed by atoms with Gasteiger partial charge in [-0.2, -0.15) is 5.26 Å². The number of rotatable bonds is 4. The largest absolute Gasteiger partial charge is 0.352 e. The van der Waals surface area contributed by atoms with Crippen molar-refractivity contribution in [1.82, 2.24) is 4.98 Å². The van der Waals surface area contributed by atoms with Crippen LogP contribution in [0.3, 0.4) is 0 Å². The zero-order chi connectivity index (χ0) is 12.8. The SMILES string of the molecule is N#Cc1cccc(NC(=O)CNc2nccs2)c1. The van der Waals surface area contributed by atoms with Crippen LogP contribution in [0.4, 0.5) is 10.8 Å². The van der Waals surface area contributed by atoms with Gasteiger partial charge < -0.3 is 10.6 Å². The topological polar surface area (TPSA) is 77.8 Å². The summed E-state index contributed by atoms with van der Waals surface area (Å²) in [5, 5.41) is 16.9. The molecule has 2 rings (SSSR count). The molecule has 90 valence electrons. The number of amides is 1. The van der Waals surface area contributed by atoms with Crippen LogP contribution >= 0.6 is 11.3 Å². The van der Waals surface area contributed by atoms with Gasteiger partial charge in [-0.15, -0.1) is 11.3 Å². The average molecular weight is 258 g/mol. The summed E-state index contributed by atoms with van der Waals surface area (Å²) in [5.41, 5.74) is 1.13. The summed E-state index contributed by atoms with van der Waals surface area (Å²) in [7, 11) is 0. The fourth-order valence-electron chi connectivity index (χ4n) is 1.34. The lowest BCUT2D eigenvalue weighted by molar-refractivity contribution is -0.114. The third-order valence-corrected chi connectivity index (χ3v) is 2.84.